The van der Waals surface area contributed by atoms with Gasteiger partial charge in [0.25, 0.3) is 0 Å². The summed E-state index contributed by atoms with van der Waals surface area (Å²) in [6.07, 6.45) is 1.56. The summed E-state index contributed by atoms with van der Waals surface area (Å²) in [5.74, 6) is 0.461. The lowest BCUT2D eigenvalue weighted by atomic mass is 10.2. The number of amidine groups is 1. The van der Waals surface area contributed by atoms with Crippen molar-refractivity contribution in [1.82, 2.24) is 4.98 Å². The summed E-state index contributed by atoms with van der Waals surface area (Å²) in [5, 5.41) is 7.33. The molecule has 4 nitrogen and oxygen atoms in total. The van der Waals surface area contributed by atoms with Gasteiger partial charge in [-0.3, -0.25) is 5.41 Å². The first-order chi connectivity index (χ1) is 9.11. The van der Waals surface area contributed by atoms with Crippen molar-refractivity contribution in [2.45, 2.75) is 6.92 Å². The fraction of sp³-hybridized carbons (Fsp3) is 0.143. The molecule has 2 aromatic rings. The number of benzene rings is 1. The molecule has 98 valence electrons. The maximum absolute atomic E-state index is 12.9. The Morgan fingerprint density at radius 1 is 1.26 bits per heavy atom. The predicted octanol–water partition coefficient (Wildman–Crippen LogP) is 2.66. The number of nitrogens with one attached hydrogen (secondary N) is 1. The number of hydrogen-bond donors (Lipinski definition) is 2. The average molecular weight is 258 g/mol. The molecule has 0 spiro atoms. The SMILES string of the molecule is CCN(c1ccc(F)cc1)c1ccc(C(=N)N)cn1. The highest BCUT2D eigenvalue weighted by molar-refractivity contribution is 5.94. The molecule has 0 bridgehead atoms. The fourth-order valence-electron chi connectivity index (χ4n) is 1.80. The first-order valence-electron chi connectivity index (χ1n) is 5.95. The van der Waals surface area contributed by atoms with Crippen LogP contribution in [0.2, 0.25) is 0 Å². The minimum Gasteiger partial charge on any atom is -0.384 e. The summed E-state index contributed by atoms with van der Waals surface area (Å²) in [4.78, 5) is 6.23. The van der Waals surface area contributed by atoms with Gasteiger partial charge >= 0.3 is 0 Å². The van der Waals surface area contributed by atoms with E-state index in [0.29, 0.717) is 12.1 Å². The van der Waals surface area contributed by atoms with Gasteiger partial charge in [-0.05, 0) is 43.3 Å². The summed E-state index contributed by atoms with van der Waals surface area (Å²) in [5.41, 5.74) is 6.84. The molecule has 0 radical (unpaired) electrons. The Balaban J connectivity index is 2.31. The molecule has 1 aromatic carbocycles. The van der Waals surface area contributed by atoms with Gasteiger partial charge < -0.3 is 10.6 Å². The second kappa shape index (κ2) is 5.48. The molecule has 0 atom stereocenters. The lowest BCUT2D eigenvalue weighted by Crippen LogP contribution is -2.18. The van der Waals surface area contributed by atoms with Crippen LogP contribution in [0.5, 0.6) is 0 Å². The van der Waals surface area contributed by atoms with Crippen molar-refractivity contribution in [1.29, 1.82) is 5.41 Å². The standard InChI is InChI=1S/C14H15FN4/c1-2-19(12-6-4-11(15)5-7-12)13-8-3-10(9-18-13)14(16)17/h3-9H,2H2,1H3,(H3,16,17). The van der Waals surface area contributed by atoms with Gasteiger partial charge in [-0.2, -0.15) is 0 Å². The second-order valence-corrected chi connectivity index (χ2v) is 4.04. The number of pyridine rings is 1. The van der Waals surface area contributed by atoms with E-state index in [1.165, 1.54) is 12.1 Å². The summed E-state index contributed by atoms with van der Waals surface area (Å²) >= 11 is 0. The molecular weight excluding hydrogens is 243 g/mol. The van der Waals surface area contributed by atoms with Crippen LogP contribution in [0.15, 0.2) is 42.6 Å². The van der Waals surface area contributed by atoms with E-state index in [0.717, 1.165) is 11.5 Å². The zero-order chi connectivity index (χ0) is 13.8. The Morgan fingerprint density at radius 3 is 2.42 bits per heavy atom. The maximum Gasteiger partial charge on any atom is 0.132 e. The molecule has 0 aliphatic rings. The van der Waals surface area contributed by atoms with Gasteiger partial charge in [0.05, 0.1) is 0 Å². The van der Waals surface area contributed by atoms with E-state index in [9.17, 15) is 4.39 Å². The van der Waals surface area contributed by atoms with E-state index in [4.69, 9.17) is 11.1 Å². The van der Waals surface area contributed by atoms with Crippen LogP contribution >= 0.6 is 0 Å². The molecule has 0 unspecified atom stereocenters. The van der Waals surface area contributed by atoms with E-state index in [1.807, 2.05) is 11.8 Å². The van der Waals surface area contributed by atoms with Gasteiger partial charge in [-0.25, -0.2) is 9.37 Å². The quantitative estimate of drug-likeness (QED) is 0.654. The van der Waals surface area contributed by atoms with Crippen LogP contribution in [-0.2, 0) is 0 Å². The Hall–Kier alpha value is -2.43. The number of aromatic nitrogens is 1. The molecule has 5 heteroatoms. The predicted molar refractivity (Wildman–Crippen MR) is 74.3 cm³/mol. The van der Waals surface area contributed by atoms with Crippen molar-refractivity contribution in [3.8, 4) is 0 Å². The summed E-state index contributed by atoms with van der Waals surface area (Å²) in [6.45, 7) is 2.70. The lowest BCUT2D eigenvalue weighted by molar-refractivity contribution is 0.628. The zero-order valence-electron chi connectivity index (χ0n) is 10.6. The van der Waals surface area contributed by atoms with Crippen molar-refractivity contribution >= 4 is 17.3 Å². The number of rotatable bonds is 4. The van der Waals surface area contributed by atoms with Crippen LogP contribution in [0, 0.1) is 11.2 Å². The average Bonchev–Trinajstić information content (AvgIpc) is 2.42. The summed E-state index contributed by atoms with van der Waals surface area (Å²) in [7, 11) is 0. The first-order valence-corrected chi connectivity index (χ1v) is 5.95. The molecule has 0 aliphatic heterocycles. The first kappa shape index (κ1) is 13.0. The molecule has 0 saturated carbocycles. The normalized spacial score (nSPS) is 10.2. The third-order valence-electron chi connectivity index (χ3n) is 2.79. The fourth-order valence-corrected chi connectivity index (χ4v) is 1.80. The molecule has 0 fully saturated rings. The van der Waals surface area contributed by atoms with Crippen molar-refractivity contribution in [3.63, 3.8) is 0 Å². The molecular formula is C14H15FN4. The van der Waals surface area contributed by atoms with Gasteiger partial charge in [0.1, 0.15) is 17.5 Å². The Kier molecular flexibility index (Phi) is 3.75. The monoisotopic (exact) mass is 258 g/mol. The lowest BCUT2D eigenvalue weighted by Gasteiger charge is -2.22. The smallest absolute Gasteiger partial charge is 0.132 e. The van der Waals surface area contributed by atoms with Crippen molar-refractivity contribution in [2.24, 2.45) is 5.73 Å². The van der Waals surface area contributed by atoms with Crippen molar-refractivity contribution < 1.29 is 4.39 Å². The Morgan fingerprint density at radius 2 is 1.95 bits per heavy atom. The maximum atomic E-state index is 12.9. The van der Waals surface area contributed by atoms with Crippen LogP contribution in [0.1, 0.15) is 12.5 Å². The highest BCUT2D eigenvalue weighted by Crippen LogP contribution is 2.23. The molecule has 0 saturated heterocycles. The molecule has 19 heavy (non-hydrogen) atoms. The highest BCUT2D eigenvalue weighted by Gasteiger charge is 2.09. The number of halogens is 1. The van der Waals surface area contributed by atoms with Gasteiger partial charge in [0.15, 0.2) is 0 Å². The third kappa shape index (κ3) is 2.88. The van der Waals surface area contributed by atoms with Gasteiger partial charge in [-0.15, -0.1) is 0 Å². The summed E-state index contributed by atoms with van der Waals surface area (Å²) < 4.78 is 12.9. The minimum absolute atomic E-state index is 0.0103. The molecule has 1 heterocycles. The van der Waals surface area contributed by atoms with E-state index < -0.39 is 0 Å². The highest BCUT2D eigenvalue weighted by atomic mass is 19.1. The second-order valence-electron chi connectivity index (χ2n) is 4.04. The van der Waals surface area contributed by atoms with Crippen LogP contribution in [0.4, 0.5) is 15.9 Å². The largest absolute Gasteiger partial charge is 0.384 e. The van der Waals surface area contributed by atoms with Gasteiger partial charge in [0.2, 0.25) is 0 Å². The van der Waals surface area contributed by atoms with Crippen LogP contribution in [0.25, 0.3) is 0 Å². The number of nitrogens with two attached hydrogens (primary N) is 1. The van der Waals surface area contributed by atoms with Crippen molar-refractivity contribution in [2.75, 3.05) is 11.4 Å². The Bertz CT molecular complexity index is 563. The van der Waals surface area contributed by atoms with Gasteiger partial charge in [-0.1, -0.05) is 0 Å². The summed E-state index contributed by atoms with van der Waals surface area (Å²) in [6, 6.07) is 9.79. The van der Waals surface area contributed by atoms with Crippen LogP contribution in [-0.4, -0.2) is 17.4 Å². The van der Waals surface area contributed by atoms with Crippen LogP contribution < -0.4 is 10.6 Å². The number of hydrogen-bond acceptors (Lipinski definition) is 3. The van der Waals surface area contributed by atoms with E-state index in [1.54, 1.807) is 30.5 Å². The van der Waals surface area contributed by atoms with E-state index in [2.05, 4.69) is 4.98 Å². The molecule has 0 amide bonds. The molecule has 1 aromatic heterocycles. The molecule has 0 aliphatic carbocycles. The Labute approximate surface area is 111 Å². The van der Waals surface area contributed by atoms with Crippen LogP contribution in [0.3, 0.4) is 0 Å². The molecule has 3 N–H and O–H groups in total. The number of nitrogen functional groups attached to an aromatic ring is 1. The zero-order valence-corrected chi connectivity index (χ0v) is 10.6. The minimum atomic E-state index is -0.264. The van der Waals surface area contributed by atoms with E-state index >= 15 is 0 Å². The van der Waals surface area contributed by atoms with E-state index in [-0.39, 0.29) is 11.7 Å². The topological polar surface area (TPSA) is 66.0 Å². The molecule has 2 rings (SSSR count). The van der Waals surface area contributed by atoms with Crippen molar-refractivity contribution in [3.05, 3.63) is 54.0 Å². The van der Waals surface area contributed by atoms with Gasteiger partial charge in [0, 0.05) is 24.0 Å². The number of nitrogens with zero attached hydrogens (tertiary/aromatic N) is 2. The third-order valence-corrected chi connectivity index (χ3v) is 2.79. The number of anilines is 2.